The smallest absolute Gasteiger partial charge is 0.414 e. The minimum atomic E-state index is -1.82. The second-order valence-corrected chi connectivity index (χ2v) is 11.8. The van der Waals surface area contributed by atoms with Crippen molar-refractivity contribution in [3.8, 4) is 23.3 Å². The molecular formula is C33H47N3O8. The number of benzene rings is 1. The predicted octanol–water partition coefficient (Wildman–Crippen LogP) is 5.36. The van der Waals surface area contributed by atoms with E-state index in [2.05, 4.69) is 49.0 Å². The Hall–Kier alpha value is -3.88. The van der Waals surface area contributed by atoms with Crippen LogP contribution in [0.2, 0.25) is 0 Å². The average Bonchev–Trinajstić information content (AvgIpc) is 2.98. The number of aromatic nitrogens is 1. The number of hydrogen-bond donors (Lipinski definition) is 2. The Balaban J connectivity index is 0.00000102. The van der Waals surface area contributed by atoms with Crippen LogP contribution in [0.1, 0.15) is 75.8 Å². The van der Waals surface area contributed by atoms with Crippen molar-refractivity contribution in [2.45, 2.75) is 84.5 Å². The van der Waals surface area contributed by atoms with Gasteiger partial charge < -0.3 is 34.1 Å². The third-order valence-electron chi connectivity index (χ3n) is 7.92. The predicted molar refractivity (Wildman–Crippen MR) is 165 cm³/mol. The molecule has 0 amide bonds. The quantitative estimate of drug-likeness (QED) is 0.222. The first kappa shape index (κ1) is 36.3. The zero-order valence-electron chi connectivity index (χ0n) is 27.2. The minimum absolute atomic E-state index is 0.139. The zero-order chi connectivity index (χ0) is 33.1. The highest BCUT2D eigenvalue weighted by Crippen LogP contribution is 2.44. The van der Waals surface area contributed by atoms with Gasteiger partial charge in [0.1, 0.15) is 5.75 Å². The normalized spacial score (nSPS) is 14.8. The lowest BCUT2D eigenvalue weighted by atomic mass is 9.68. The number of likely N-dealkylation sites (N-methyl/N-ethyl adjacent to an activating group) is 1. The first-order chi connectivity index (χ1) is 20.7. The molecule has 0 bridgehead atoms. The van der Waals surface area contributed by atoms with Gasteiger partial charge in [0, 0.05) is 37.7 Å². The Labute approximate surface area is 260 Å². The average molecular weight is 614 g/mol. The van der Waals surface area contributed by atoms with Crippen molar-refractivity contribution in [3.05, 3.63) is 46.8 Å². The molecule has 1 aromatic carbocycles. The Morgan fingerprint density at radius 1 is 1.11 bits per heavy atom. The number of fused-ring (bicyclic) bond motifs is 1. The van der Waals surface area contributed by atoms with Gasteiger partial charge >= 0.3 is 11.9 Å². The molecule has 0 saturated heterocycles. The van der Waals surface area contributed by atoms with Gasteiger partial charge in [-0.1, -0.05) is 32.8 Å². The van der Waals surface area contributed by atoms with E-state index in [0.717, 1.165) is 79.3 Å². The maximum absolute atomic E-state index is 10.5. The second kappa shape index (κ2) is 16.3. The van der Waals surface area contributed by atoms with E-state index in [1.807, 2.05) is 33.0 Å². The highest BCUT2D eigenvalue weighted by molar-refractivity contribution is 6.27. The van der Waals surface area contributed by atoms with Crippen molar-refractivity contribution in [2.75, 3.05) is 34.4 Å². The molecule has 2 heterocycles. The molecule has 0 saturated carbocycles. The number of methoxy groups -OCH3 is 2. The summed E-state index contributed by atoms with van der Waals surface area (Å²) in [6.45, 7) is 12.5. The van der Waals surface area contributed by atoms with E-state index >= 15 is 0 Å². The molecule has 0 radical (unpaired) electrons. The number of ether oxygens (including phenoxy) is 4. The van der Waals surface area contributed by atoms with Crippen LogP contribution in [-0.4, -0.2) is 72.2 Å². The molecule has 1 aliphatic rings. The second-order valence-electron chi connectivity index (χ2n) is 11.8. The fraction of sp³-hybridized carbons (Fsp3) is 0.576. The summed E-state index contributed by atoms with van der Waals surface area (Å²) >= 11 is 0. The van der Waals surface area contributed by atoms with Crippen LogP contribution < -0.4 is 14.2 Å². The van der Waals surface area contributed by atoms with Gasteiger partial charge in [0.25, 0.3) is 0 Å². The van der Waals surface area contributed by atoms with Crippen molar-refractivity contribution in [2.24, 2.45) is 5.92 Å². The Bertz CT molecular complexity index is 1310. The maximum atomic E-state index is 10.5. The molecule has 1 atom stereocenters. The fourth-order valence-corrected chi connectivity index (χ4v) is 5.23. The van der Waals surface area contributed by atoms with Gasteiger partial charge in [-0.25, -0.2) is 9.59 Å². The number of pyridine rings is 1. The molecule has 1 unspecified atom stereocenters. The number of unbranched alkanes of at least 4 members (excludes halogenated alkanes) is 2. The lowest BCUT2D eigenvalue weighted by molar-refractivity contribution is -0.181. The first-order valence-corrected chi connectivity index (χ1v) is 14.8. The molecule has 11 nitrogen and oxygen atoms in total. The highest BCUT2D eigenvalue weighted by Gasteiger charge is 2.41. The number of nitrogens with zero attached hydrogens (tertiary/aromatic N) is 3. The van der Waals surface area contributed by atoms with Crippen LogP contribution in [0.5, 0.6) is 17.2 Å². The van der Waals surface area contributed by atoms with Gasteiger partial charge in [-0.2, -0.15) is 5.26 Å². The Morgan fingerprint density at radius 3 is 2.34 bits per heavy atom. The van der Waals surface area contributed by atoms with Gasteiger partial charge in [-0.3, -0.25) is 4.98 Å². The van der Waals surface area contributed by atoms with Crippen molar-refractivity contribution in [1.82, 2.24) is 9.88 Å². The Morgan fingerprint density at radius 2 is 1.77 bits per heavy atom. The largest absolute Gasteiger partial charge is 0.493 e. The fourth-order valence-electron chi connectivity index (χ4n) is 5.23. The van der Waals surface area contributed by atoms with Crippen LogP contribution in [0.4, 0.5) is 0 Å². The van der Waals surface area contributed by atoms with Crippen molar-refractivity contribution in [3.63, 3.8) is 0 Å². The number of aliphatic carboxylic acids is 2. The Kier molecular flexibility index (Phi) is 13.4. The SMILES string of the molecule is COc1ccc(CCN(C)CCCCCC(C#N)(c2cnc(C)c3c2COC(C)(C)O3)C(C)C)cc1OC.O=C(O)C(=O)O. The number of rotatable bonds is 13. The van der Waals surface area contributed by atoms with Crippen LogP contribution in [-0.2, 0) is 32.8 Å². The van der Waals surface area contributed by atoms with Crippen molar-refractivity contribution in [1.29, 1.82) is 5.26 Å². The molecule has 0 fully saturated rings. The molecular weight excluding hydrogens is 566 g/mol. The minimum Gasteiger partial charge on any atom is -0.493 e. The van der Waals surface area contributed by atoms with E-state index in [1.54, 1.807) is 14.2 Å². The van der Waals surface area contributed by atoms with Crippen molar-refractivity contribution < 1.29 is 38.7 Å². The monoisotopic (exact) mass is 613 g/mol. The summed E-state index contributed by atoms with van der Waals surface area (Å²) in [5, 5.41) is 25.3. The molecule has 44 heavy (non-hydrogen) atoms. The highest BCUT2D eigenvalue weighted by atomic mass is 16.7. The molecule has 1 aliphatic heterocycles. The molecule has 2 N–H and O–H groups in total. The van der Waals surface area contributed by atoms with E-state index in [9.17, 15) is 5.26 Å². The number of nitriles is 1. The molecule has 242 valence electrons. The number of carboxylic acid groups (broad SMARTS) is 2. The van der Waals surface area contributed by atoms with E-state index in [4.69, 9.17) is 38.7 Å². The third kappa shape index (κ3) is 9.56. The van der Waals surface area contributed by atoms with Gasteiger partial charge in [-0.15, -0.1) is 0 Å². The van der Waals surface area contributed by atoms with Gasteiger partial charge in [-0.05, 0) is 63.4 Å². The zero-order valence-corrected chi connectivity index (χ0v) is 27.2. The van der Waals surface area contributed by atoms with Crippen molar-refractivity contribution >= 4 is 11.9 Å². The van der Waals surface area contributed by atoms with Gasteiger partial charge in [0.2, 0.25) is 5.79 Å². The molecule has 0 spiro atoms. The van der Waals surface area contributed by atoms with Crippen LogP contribution in [0, 0.1) is 24.2 Å². The molecule has 3 rings (SSSR count). The summed E-state index contributed by atoms with van der Waals surface area (Å²) in [7, 11) is 5.49. The van der Waals surface area contributed by atoms with E-state index in [0.29, 0.717) is 6.61 Å². The standard InChI is InChI=1S/C31H45N3O4.C2H2O4/c1-22(2)31(21-32,26-19-33-23(3)29-25(26)20-37-30(4,5)38-29)15-10-9-11-16-34(6)17-14-24-12-13-27(35-7)28(18-24)36-8;3-1(4)2(5)6/h12-13,18-19,22H,9-11,14-17,20H2,1-8H3;(H,3,4)(H,5,6). The lowest BCUT2D eigenvalue weighted by Gasteiger charge is -2.38. The molecule has 0 aliphatic carbocycles. The summed E-state index contributed by atoms with van der Waals surface area (Å²) in [5.74, 6) is -1.91. The lowest BCUT2D eigenvalue weighted by Crippen LogP contribution is -2.39. The molecule has 11 heteroatoms. The third-order valence-corrected chi connectivity index (χ3v) is 7.92. The first-order valence-electron chi connectivity index (χ1n) is 14.8. The van der Waals surface area contributed by atoms with Gasteiger partial charge in [0.15, 0.2) is 11.5 Å². The summed E-state index contributed by atoms with van der Waals surface area (Å²) < 4.78 is 22.9. The molecule has 1 aromatic heterocycles. The number of carbonyl (C=O) groups is 2. The maximum Gasteiger partial charge on any atom is 0.414 e. The van der Waals surface area contributed by atoms with Crippen LogP contribution >= 0.6 is 0 Å². The van der Waals surface area contributed by atoms with Crippen LogP contribution in [0.15, 0.2) is 24.4 Å². The topological polar surface area (TPSA) is 151 Å². The summed E-state index contributed by atoms with van der Waals surface area (Å²) in [6, 6.07) is 8.81. The summed E-state index contributed by atoms with van der Waals surface area (Å²) in [6.07, 6.45) is 6.76. The van der Waals surface area contributed by atoms with E-state index < -0.39 is 23.1 Å². The summed E-state index contributed by atoms with van der Waals surface area (Å²) in [4.78, 5) is 25.2. The number of carboxylic acids is 2. The van der Waals surface area contributed by atoms with E-state index in [-0.39, 0.29) is 5.92 Å². The number of hydrogen-bond acceptors (Lipinski definition) is 9. The van der Waals surface area contributed by atoms with Crippen LogP contribution in [0.3, 0.4) is 0 Å². The van der Waals surface area contributed by atoms with E-state index in [1.165, 1.54) is 5.56 Å². The number of aryl methyl sites for hydroxylation is 1. The van der Waals surface area contributed by atoms with Gasteiger partial charge in [0.05, 0.1) is 38.0 Å². The summed E-state index contributed by atoms with van der Waals surface area (Å²) in [5.41, 5.74) is 3.38. The van der Waals surface area contributed by atoms with Crippen LogP contribution in [0.25, 0.3) is 0 Å². The molecule has 2 aromatic rings.